The van der Waals surface area contributed by atoms with E-state index in [1.165, 1.54) is 44.2 Å². The molecule has 0 spiro atoms. The number of hydrogen-bond donors (Lipinski definition) is 1. The van der Waals surface area contributed by atoms with Crippen molar-refractivity contribution in [1.29, 1.82) is 0 Å². The Morgan fingerprint density at radius 1 is 0.971 bits per heavy atom. The highest BCUT2D eigenvalue weighted by Crippen LogP contribution is 2.47. The average molecular weight is 465 g/mol. The van der Waals surface area contributed by atoms with Crippen LogP contribution in [0.25, 0.3) is 0 Å². The van der Waals surface area contributed by atoms with Gasteiger partial charge in [0.05, 0.1) is 11.3 Å². The van der Waals surface area contributed by atoms with Crippen LogP contribution < -0.4 is 5.32 Å². The molecule has 0 aliphatic heterocycles. The van der Waals surface area contributed by atoms with Gasteiger partial charge in [0.15, 0.2) is 0 Å². The van der Waals surface area contributed by atoms with Gasteiger partial charge in [0.25, 0.3) is 5.91 Å². The molecule has 1 heterocycles. The van der Waals surface area contributed by atoms with Gasteiger partial charge in [0, 0.05) is 30.7 Å². The fourth-order valence-corrected chi connectivity index (χ4v) is 6.46. The average Bonchev–Trinajstić information content (AvgIpc) is 3.57. The molecule has 1 N–H and O–H groups in total. The number of halogens is 1. The lowest BCUT2D eigenvalue weighted by Crippen LogP contribution is -2.40. The Hall–Kier alpha value is -2.50. The van der Waals surface area contributed by atoms with E-state index in [0.717, 1.165) is 62.6 Å². The third kappa shape index (κ3) is 4.56. The molecular formula is C28H37FN4O. The zero-order chi connectivity index (χ0) is 23.5. The van der Waals surface area contributed by atoms with E-state index in [1.54, 1.807) is 6.20 Å². The molecule has 0 radical (unpaired) electrons. The summed E-state index contributed by atoms with van der Waals surface area (Å²) in [6.45, 7) is 0. The maximum absolute atomic E-state index is 13.9. The van der Waals surface area contributed by atoms with Crippen molar-refractivity contribution in [3.8, 4) is 0 Å². The molecule has 3 aliphatic rings. The summed E-state index contributed by atoms with van der Waals surface area (Å²) in [4.78, 5) is 25.5. The third-order valence-electron chi connectivity index (χ3n) is 8.46. The molecular weight excluding hydrogens is 427 g/mol. The maximum atomic E-state index is 13.9. The molecule has 0 unspecified atom stereocenters. The first kappa shape index (κ1) is 23.3. The van der Waals surface area contributed by atoms with E-state index >= 15 is 0 Å². The number of carbonyl (C=O) groups is 1. The summed E-state index contributed by atoms with van der Waals surface area (Å²) in [5, 5.41) is 3.53. The fourth-order valence-electron chi connectivity index (χ4n) is 6.46. The van der Waals surface area contributed by atoms with Gasteiger partial charge in [-0.3, -0.25) is 4.79 Å². The van der Waals surface area contributed by atoms with Crippen molar-refractivity contribution in [1.82, 2.24) is 14.9 Å². The van der Waals surface area contributed by atoms with E-state index in [0.29, 0.717) is 17.6 Å². The van der Waals surface area contributed by atoms with Gasteiger partial charge in [-0.25, -0.2) is 14.4 Å². The Balaban J connectivity index is 1.56. The quantitative estimate of drug-likeness (QED) is 0.550. The highest BCUT2D eigenvalue weighted by Gasteiger charge is 2.42. The third-order valence-corrected chi connectivity index (χ3v) is 8.46. The predicted molar refractivity (Wildman–Crippen MR) is 133 cm³/mol. The van der Waals surface area contributed by atoms with E-state index in [2.05, 4.69) is 10.3 Å². The summed E-state index contributed by atoms with van der Waals surface area (Å²) in [6.07, 6.45) is 16.2. The Bertz CT molecular complexity index is 990. The molecule has 0 atom stereocenters. The second-order valence-electron chi connectivity index (χ2n) is 10.6. The second kappa shape index (κ2) is 10.0. The number of nitrogens with zero attached hydrogens (tertiary/aromatic N) is 3. The number of hydrogen-bond acceptors (Lipinski definition) is 4. The highest BCUT2D eigenvalue weighted by atomic mass is 19.1. The first-order valence-electron chi connectivity index (χ1n) is 13.2. The van der Waals surface area contributed by atoms with E-state index in [4.69, 9.17) is 4.98 Å². The predicted octanol–water partition coefficient (Wildman–Crippen LogP) is 6.24. The van der Waals surface area contributed by atoms with Gasteiger partial charge in [0.1, 0.15) is 5.82 Å². The normalized spacial score (nSPS) is 21.0. The molecule has 1 amide bonds. The molecule has 0 saturated heterocycles. The van der Waals surface area contributed by atoms with Gasteiger partial charge < -0.3 is 10.2 Å². The molecule has 6 heteroatoms. The van der Waals surface area contributed by atoms with Crippen LogP contribution in [-0.2, 0) is 5.41 Å². The molecule has 3 fully saturated rings. The molecule has 2 aromatic rings. The monoisotopic (exact) mass is 464 g/mol. The fraction of sp³-hybridized carbons (Fsp3) is 0.607. The lowest BCUT2D eigenvalue weighted by atomic mass is 9.74. The van der Waals surface area contributed by atoms with Crippen molar-refractivity contribution in [3.63, 3.8) is 0 Å². The van der Waals surface area contributed by atoms with Crippen LogP contribution in [0.5, 0.6) is 0 Å². The maximum Gasteiger partial charge on any atom is 0.257 e. The van der Waals surface area contributed by atoms with Crippen molar-refractivity contribution in [2.45, 2.75) is 101 Å². The van der Waals surface area contributed by atoms with Crippen molar-refractivity contribution in [2.75, 3.05) is 12.4 Å². The number of carbonyl (C=O) groups excluding carboxylic acids is 1. The van der Waals surface area contributed by atoms with Crippen LogP contribution in [0.4, 0.5) is 10.3 Å². The van der Waals surface area contributed by atoms with Crippen LogP contribution in [-0.4, -0.2) is 39.9 Å². The van der Waals surface area contributed by atoms with Gasteiger partial charge in [-0.1, -0.05) is 57.1 Å². The zero-order valence-electron chi connectivity index (χ0n) is 20.4. The molecule has 5 rings (SSSR count). The summed E-state index contributed by atoms with van der Waals surface area (Å²) < 4.78 is 13.8. The van der Waals surface area contributed by atoms with E-state index in [9.17, 15) is 9.18 Å². The number of rotatable bonds is 6. The van der Waals surface area contributed by atoms with Crippen molar-refractivity contribution in [3.05, 3.63) is 53.1 Å². The van der Waals surface area contributed by atoms with Crippen molar-refractivity contribution < 1.29 is 9.18 Å². The number of aromatic nitrogens is 2. The molecule has 5 nitrogen and oxygen atoms in total. The van der Waals surface area contributed by atoms with E-state index < -0.39 is 0 Å². The molecule has 34 heavy (non-hydrogen) atoms. The van der Waals surface area contributed by atoms with Gasteiger partial charge in [-0.05, 0) is 56.2 Å². The summed E-state index contributed by atoms with van der Waals surface area (Å²) in [5.74, 6) is 0.395. The van der Waals surface area contributed by atoms with Crippen LogP contribution in [0.3, 0.4) is 0 Å². The number of anilines is 1. The minimum Gasteiger partial charge on any atom is -0.351 e. The SMILES string of the molecule is CN(C(=O)c1cnc(NC2CCCC2)nc1C1(c2ccc(F)cc2)CCCC1)C1CCCCC1. The van der Waals surface area contributed by atoms with Crippen LogP contribution in [0.2, 0.25) is 0 Å². The van der Waals surface area contributed by atoms with Gasteiger partial charge in [-0.2, -0.15) is 0 Å². The van der Waals surface area contributed by atoms with Gasteiger partial charge >= 0.3 is 0 Å². The first-order valence-corrected chi connectivity index (χ1v) is 13.2. The van der Waals surface area contributed by atoms with Crippen LogP contribution >= 0.6 is 0 Å². The van der Waals surface area contributed by atoms with Crippen molar-refractivity contribution in [2.24, 2.45) is 0 Å². The second-order valence-corrected chi connectivity index (χ2v) is 10.6. The van der Waals surface area contributed by atoms with Crippen LogP contribution in [0, 0.1) is 5.82 Å². The smallest absolute Gasteiger partial charge is 0.257 e. The minimum absolute atomic E-state index is 0.0164. The first-order chi connectivity index (χ1) is 16.6. The summed E-state index contributed by atoms with van der Waals surface area (Å²) in [7, 11) is 1.94. The molecule has 0 bridgehead atoms. The summed E-state index contributed by atoms with van der Waals surface area (Å²) >= 11 is 0. The number of nitrogens with one attached hydrogen (secondary N) is 1. The van der Waals surface area contributed by atoms with Crippen LogP contribution in [0.1, 0.15) is 105 Å². The Labute approximate surface area is 202 Å². The number of benzene rings is 1. The van der Waals surface area contributed by atoms with Gasteiger partial charge in [-0.15, -0.1) is 0 Å². The van der Waals surface area contributed by atoms with E-state index in [-0.39, 0.29) is 23.2 Å². The van der Waals surface area contributed by atoms with Gasteiger partial charge in [0.2, 0.25) is 5.95 Å². The lowest BCUT2D eigenvalue weighted by molar-refractivity contribution is 0.0692. The number of amides is 1. The molecule has 1 aromatic heterocycles. The largest absolute Gasteiger partial charge is 0.351 e. The van der Waals surface area contributed by atoms with E-state index in [1.807, 2.05) is 24.1 Å². The molecule has 3 aliphatic carbocycles. The topological polar surface area (TPSA) is 58.1 Å². The Morgan fingerprint density at radius 2 is 1.62 bits per heavy atom. The zero-order valence-corrected chi connectivity index (χ0v) is 20.4. The van der Waals surface area contributed by atoms with Crippen molar-refractivity contribution >= 4 is 11.9 Å². The van der Waals surface area contributed by atoms with Crippen LogP contribution in [0.15, 0.2) is 30.5 Å². The molecule has 182 valence electrons. The summed E-state index contributed by atoms with van der Waals surface area (Å²) in [5.41, 5.74) is 2.09. The molecule has 1 aromatic carbocycles. The Kier molecular flexibility index (Phi) is 6.84. The Morgan fingerprint density at radius 3 is 2.29 bits per heavy atom. The lowest BCUT2D eigenvalue weighted by Gasteiger charge is -2.34. The molecule has 3 saturated carbocycles. The minimum atomic E-state index is -0.388. The highest BCUT2D eigenvalue weighted by molar-refractivity contribution is 5.95. The standard InChI is InChI=1S/C28H37FN4O/c1-33(23-11-3-2-4-12-23)26(34)24-19-30-27(31-22-9-5-6-10-22)32-25(24)28(17-7-8-18-28)20-13-15-21(29)16-14-20/h13-16,19,22-23H,2-12,17-18H2,1H3,(H,30,31,32). The summed E-state index contributed by atoms with van der Waals surface area (Å²) in [6, 6.07) is 7.49.